The number of hydrogen-bond acceptors (Lipinski definition) is 3. The van der Waals surface area contributed by atoms with Gasteiger partial charge in [0, 0.05) is 14.5 Å². The topological polar surface area (TPSA) is 12.0 Å². The molecule has 2 aromatic heterocycles. The first kappa shape index (κ1) is 13.8. The molecule has 1 unspecified atom stereocenters. The van der Waals surface area contributed by atoms with Crippen molar-refractivity contribution in [3.8, 4) is 0 Å². The minimum atomic E-state index is 0.315. The van der Waals surface area contributed by atoms with E-state index in [1.165, 1.54) is 31.0 Å². The number of benzene rings is 1. The Kier molecular flexibility index (Phi) is 3.92. The molecule has 0 spiro atoms. The van der Waals surface area contributed by atoms with E-state index in [1.807, 2.05) is 22.7 Å². The Morgan fingerprint density at radius 3 is 2.70 bits per heavy atom. The number of nitrogens with one attached hydrogen (secondary N) is 1. The summed E-state index contributed by atoms with van der Waals surface area (Å²) in [4.78, 5) is 2.84. The second kappa shape index (κ2) is 5.68. The van der Waals surface area contributed by atoms with Crippen LogP contribution in [0.5, 0.6) is 0 Å². The van der Waals surface area contributed by atoms with Gasteiger partial charge < -0.3 is 5.32 Å². The third kappa shape index (κ3) is 2.41. The van der Waals surface area contributed by atoms with Gasteiger partial charge in [0.15, 0.2) is 0 Å². The van der Waals surface area contributed by atoms with Crippen molar-refractivity contribution in [1.29, 1.82) is 0 Å². The zero-order valence-corrected chi connectivity index (χ0v) is 13.7. The van der Waals surface area contributed by atoms with Crippen LogP contribution < -0.4 is 5.32 Å². The van der Waals surface area contributed by atoms with E-state index in [4.69, 9.17) is 0 Å². The minimum Gasteiger partial charge on any atom is -0.306 e. The SMILES string of the molecule is CCNC(c1sc(C)cc1C)c1csc2ccccc12. The van der Waals surface area contributed by atoms with Crippen LogP contribution in [0, 0.1) is 13.8 Å². The first-order valence-corrected chi connectivity index (χ1v) is 8.66. The maximum atomic E-state index is 3.66. The Bertz CT molecular complexity index is 724. The molecule has 0 saturated heterocycles. The van der Waals surface area contributed by atoms with Gasteiger partial charge in [-0.1, -0.05) is 25.1 Å². The van der Waals surface area contributed by atoms with Gasteiger partial charge in [-0.2, -0.15) is 0 Å². The van der Waals surface area contributed by atoms with Crippen molar-refractivity contribution in [2.75, 3.05) is 6.54 Å². The predicted octanol–water partition coefficient (Wildman–Crippen LogP) is 5.28. The summed E-state index contributed by atoms with van der Waals surface area (Å²) in [5.41, 5.74) is 2.81. The highest BCUT2D eigenvalue weighted by molar-refractivity contribution is 7.17. The van der Waals surface area contributed by atoms with Crippen LogP contribution in [-0.2, 0) is 0 Å². The summed E-state index contributed by atoms with van der Waals surface area (Å²) >= 11 is 3.75. The third-order valence-corrected chi connectivity index (χ3v) is 5.77. The summed E-state index contributed by atoms with van der Waals surface area (Å²) in [6, 6.07) is 11.3. The van der Waals surface area contributed by atoms with Crippen LogP contribution in [0.25, 0.3) is 10.1 Å². The van der Waals surface area contributed by atoms with Crippen molar-refractivity contribution in [2.24, 2.45) is 0 Å². The molecule has 0 aliphatic carbocycles. The lowest BCUT2D eigenvalue weighted by Gasteiger charge is -2.17. The van der Waals surface area contributed by atoms with E-state index in [9.17, 15) is 0 Å². The van der Waals surface area contributed by atoms with Crippen LogP contribution in [0.15, 0.2) is 35.7 Å². The van der Waals surface area contributed by atoms with Crippen LogP contribution >= 0.6 is 22.7 Å². The number of thiophene rings is 2. The zero-order valence-electron chi connectivity index (χ0n) is 12.1. The number of aryl methyl sites for hydroxylation is 2. The van der Waals surface area contributed by atoms with E-state index < -0.39 is 0 Å². The van der Waals surface area contributed by atoms with Gasteiger partial charge in [0.25, 0.3) is 0 Å². The van der Waals surface area contributed by atoms with E-state index in [1.54, 1.807) is 0 Å². The van der Waals surface area contributed by atoms with Crippen molar-refractivity contribution in [3.05, 3.63) is 56.6 Å². The molecule has 3 rings (SSSR count). The summed E-state index contributed by atoms with van der Waals surface area (Å²) in [5.74, 6) is 0. The van der Waals surface area contributed by atoms with Gasteiger partial charge in [-0.15, -0.1) is 22.7 Å². The van der Waals surface area contributed by atoms with Crippen molar-refractivity contribution >= 4 is 32.8 Å². The maximum Gasteiger partial charge on any atom is 0.0687 e. The Morgan fingerprint density at radius 2 is 2.00 bits per heavy atom. The van der Waals surface area contributed by atoms with Gasteiger partial charge in [-0.3, -0.25) is 0 Å². The lowest BCUT2D eigenvalue weighted by atomic mass is 10.0. The van der Waals surface area contributed by atoms with Gasteiger partial charge in [-0.05, 0) is 54.4 Å². The first-order valence-electron chi connectivity index (χ1n) is 6.97. The third-order valence-electron chi connectivity index (χ3n) is 3.57. The van der Waals surface area contributed by atoms with Gasteiger partial charge in [0.1, 0.15) is 0 Å². The van der Waals surface area contributed by atoms with Crippen LogP contribution in [0.2, 0.25) is 0 Å². The molecule has 1 aromatic carbocycles. The van der Waals surface area contributed by atoms with Crippen LogP contribution in [0.1, 0.15) is 33.8 Å². The predicted molar refractivity (Wildman–Crippen MR) is 91.1 cm³/mol. The van der Waals surface area contributed by atoms with E-state index in [0.29, 0.717) is 6.04 Å². The molecule has 0 aliphatic heterocycles. The van der Waals surface area contributed by atoms with E-state index in [0.717, 1.165) is 6.54 Å². The van der Waals surface area contributed by atoms with E-state index >= 15 is 0 Å². The maximum absolute atomic E-state index is 3.66. The zero-order chi connectivity index (χ0) is 14.1. The molecule has 2 heterocycles. The molecule has 3 aromatic rings. The minimum absolute atomic E-state index is 0.315. The summed E-state index contributed by atoms with van der Waals surface area (Å²) < 4.78 is 1.37. The summed E-state index contributed by atoms with van der Waals surface area (Å²) in [6.07, 6.45) is 0. The molecule has 0 aliphatic rings. The average molecular weight is 301 g/mol. The second-order valence-corrected chi connectivity index (χ2v) is 7.28. The molecule has 1 N–H and O–H groups in total. The quantitative estimate of drug-likeness (QED) is 0.691. The van der Waals surface area contributed by atoms with Gasteiger partial charge in [0.2, 0.25) is 0 Å². The lowest BCUT2D eigenvalue weighted by molar-refractivity contribution is 0.642. The Morgan fingerprint density at radius 1 is 1.20 bits per heavy atom. The number of rotatable bonds is 4. The van der Waals surface area contributed by atoms with Crippen molar-refractivity contribution in [3.63, 3.8) is 0 Å². The highest BCUT2D eigenvalue weighted by Crippen LogP contribution is 2.37. The molecule has 0 saturated carbocycles. The Hall–Kier alpha value is -1.16. The fourth-order valence-corrected chi connectivity index (χ4v) is 4.83. The molecular formula is C17H19NS2. The molecule has 0 bridgehead atoms. The molecule has 1 atom stereocenters. The molecule has 0 fully saturated rings. The summed E-state index contributed by atoms with van der Waals surface area (Å²) in [6.45, 7) is 7.57. The normalized spacial score (nSPS) is 12.9. The van der Waals surface area contributed by atoms with Gasteiger partial charge in [0.05, 0.1) is 6.04 Å². The Balaban J connectivity index is 2.13. The van der Waals surface area contributed by atoms with Crippen LogP contribution in [0.4, 0.5) is 0 Å². The summed E-state index contributed by atoms with van der Waals surface area (Å²) in [7, 11) is 0. The first-order chi connectivity index (χ1) is 9.70. The largest absolute Gasteiger partial charge is 0.306 e. The molecule has 1 nitrogen and oxygen atoms in total. The molecule has 3 heteroatoms. The molecule has 20 heavy (non-hydrogen) atoms. The lowest BCUT2D eigenvalue weighted by Crippen LogP contribution is -2.21. The second-order valence-electron chi connectivity index (χ2n) is 5.08. The Labute approximate surface area is 128 Å². The van der Waals surface area contributed by atoms with Crippen molar-refractivity contribution in [2.45, 2.75) is 26.8 Å². The fourth-order valence-electron chi connectivity index (χ4n) is 2.72. The number of hydrogen-bond donors (Lipinski definition) is 1. The van der Waals surface area contributed by atoms with Crippen LogP contribution in [-0.4, -0.2) is 6.54 Å². The molecule has 0 radical (unpaired) electrons. The van der Waals surface area contributed by atoms with Crippen LogP contribution in [0.3, 0.4) is 0 Å². The molecular weight excluding hydrogens is 282 g/mol. The number of fused-ring (bicyclic) bond motifs is 1. The van der Waals surface area contributed by atoms with Gasteiger partial charge in [-0.25, -0.2) is 0 Å². The van der Waals surface area contributed by atoms with Gasteiger partial charge >= 0.3 is 0 Å². The average Bonchev–Trinajstić information content (AvgIpc) is 3.00. The summed E-state index contributed by atoms with van der Waals surface area (Å²) in [5, 5.41) is 7.36. The van der Waals surface area contributed by atoms with Crippen molar-refractivity contribution < 1.29 is 0 Å². The molecule has 0 amide bonds. The smallest absolute Gasteiger partial charge is 0.0687 e. The fraction of sp³-hybridized carbons (Fsp3) is 0.294. The van der Waals surface area contributed by atoms with E-state index in [2.05, 4.69) is 61.8 Å². The van der Waals surface area contributed by atoms with Crippen molar-refractivity contribution in [1.82, 2.24) is 5.32 Å². The van der Waals surface area contributed by atoms with E-state index in [-0.39, 0.29) is 0 Å². The standard InChI is InChI=1S/C17H19NS2/c1-4-18-16(17-11(2)9-12(3)20-17)14-10-19-15-8-6-5-7-13(14)15/h5-10,16,18H,4H2,1-3H3. The highest BCUT2D eigenvalue weighted by atomic mass is 32.1. The highest BCUT2D eigenvalue weighted by Gasteiger charge is 2.20. The monoisotopic (exact) mass is 301 g/mol. The molecule has 104 valence electrons.